The van der Waals surface area contributed by atoms with Gasteiger partial charge in [-0.2, -0.15) is 0 Å². The summed E-state index contributed by atoms with van der Waals surface area (Å²) in [5, 5.41) is 0. The summed E-state index contributed by atoms with van der Waals surface area (Å²) < 4.78 is 34.2. The topological polar surface area (TPSA) is 111 Å². The van der Waals surface area contributed by atoms with Crippen LogP contribution >= 0.6 is 7.82 Å². The van der Waals surface area contributed by atoms with E-state index in [4.69, 9.17) is 18.5 Å². The summed E-state index contributed by atoms with van der Waals surface area (Å²) in [7, 11) is 1.12. The van der Waals surface area contributed by atoms with Gasteiger partial charge in [0.2, 0.25) is 0 Å². The zero-order chi connectivity index (χ0) is 64.1. The van der Waals surface area contributed by atoms with Crippen molar-refractivity contribution in [2.75, 3.05) is 47.5 Å². The van der Waals surface area contributed by atoms with Crippen LogP contribution in [0.4, 0.5) is 0 Å². The Balaban J connectivity index is 4.08. The number of ether oxygens (including phenoxy) is 2. The van der Waals surface area contributed by atoms with Crippen LogP contribution in [0.25, 0.3) is 0 Å². The van der Waals surface area contributed by atoms with Gasteiger partial charge in [-0.15, -0.1) is 0 Å². The molecule has 0 saturated heterocycles. The maximum atomic E-state index is 12.9. The van der Waals surface area contributed by atoms with Gasteiger partial charge < -0.3 is 27.9 Å². The summed E-state index contributed by atoms with van der Waals surface area (Å²) in [5.74, 6) is -0.908. The van der Waals surface area contributed by atoms with Crippen molar-refractivity contribution in [1.82, 2.24) is 0 Å². The van der Waals surface area contributed by atoms with Gasteiger partial charge in [0.25, 0.3) is 7.82 Å². The third kappa shape index (κ3) is 70.5. The highest BCUT2D eigenvalue weighted by Gasteiger charge is 2.22. The number of hydrogen-bond acceptors (Lipinski definition) is 8. The third-order valence-electron chi connectivity index (χ3n) is 14.2. The first-order valence-corrected chi connectivity index (χ1v) is 36.3. The summed E-state index contributed by atoms with van der Waals surface area (Å²) >= 11 is 0. The third-order valence-corrected chi connectivity index (χ3v) is 15.2. The van der Waals surface area contributed by atoms with Crippen molar-refractivity contribution >= 4 is 19.8 Å². The Morgan fingerprint density at radius 3 is 0.943 bits per heavy atom. The fourth-order valence-electron chi connectivity index (χ4n) is 8.98. The number of carbonyl (C=O) groups is 2. The lowest BCUT2D eigenvalue weighted by Gasteiger charge is -2.28. The minimum absolute atomic E-state index is 0.0471. The lowest BCUT2D eigenvalue weighted by molar-refractivity contribution is -0.870. The number of rotatable bonds is 62. The van der Waals surface area contributed by atoms with Crippen molar-refractivity contribution < 1.29 is 42.1 Å². The highest BCUT2D eigenvalue weighted by Crippen LogP contribution is 2.38. The van der Waals surface area contributed by atoms with Crippen LogP contribution in [0.2, 0.25) is 0 Å². The number of esters is 2. The Hall–Kier alpha value is -4.63. The van der Waals surface area contributed by atoms with Gasteiger partial charge in [-0.25, -0.2) is 0 Å². The van der Waals surface area contributed by atoms with Crippen molar-refractivity contribution in [3.63, 3.8) is 0 Å². The quantitative estimate of drug-likeness (QED) is 0.0195. The molecule has 2 atom stereocenters. The molecule has 498 valence electrons. The average molecular weight is 1240 g/mol. The molecule has 0 aliphatic carbocycles. The van der Waals surface area contributed by atoms with Gasteiger partial charge in [0.1, 0.15) is 19.8 Å². The molecule has 10 heteroatoms. The fourth-order valence-corrected chi connectivity index (χ4v) is 9.71. The molecule has 0 aromatic heterocycles. The molecule has 0 aliphatic heterocycles. The first kappa shape index (κ1) is 83.4. The van der Waals surface area contributed by atoms with Crippen molar-refractivity contribution in [2.24, 2.45) is 0 Å². The van der Waals surface area contributed by atoms with Crippen LogP contribution in [0, 0.1) is 0 Å². The van der Waals surface area contributed by atoms with E-state index in [9.17, 15) is 19.0 Å². The molecule has 0 spiro atoms. The molecule has 2 unspecified atom stereocenters. The molecule has 0 amide bonds. The Labute approximate surface area is 540 Å². The van der Waals surface area contributed by atoms with E-state index in [2.05, 4.69) is 184 Å². The number of allylic oxidation sites excluding steroid dienone is 28. The smallest absolute Gasteiger partial charge is 0.306 e. The maximum absolute atomic E-state index is 12.9. The fraction of sp³-hybridized carbons (Fsp3) is 0.615. The summed E-state index contributed by atoms with van der Waals surface area (Å²) in [5.41, 5.74) is 0. The van der Waals surface area contributed by atoms with Crippen LogP contribution in [0.15, 0.2) is 170 Å². The van der Waals surface area contributed by atoms with E-state index < -0.39 is 32.5 Å². The van der Waals surface area contributed by atoms with Gasteiger partial charge >= 0.3 is 11.9 Å². The normalized spacial score (nSPS) is 14.2. The van der Waals surface area contributed by atoms with E-state index in [0.717, 1.165) is 116 Å². The van der Waals surface area contributed by atoms with Crippen molar-refractivity contribution in [1.29, 1.82) is 0 Å². The molecule has 0 aromatic carbocycles. The predicted octanol–water partition coefficient (Wildman–Crippen LogP) is 22.3. The second-order valence-corrected chi connectivity index (χ2v) is 25.2. The minimum Gasteiger partial charge on any atom is -0.756 e. The summed E-state index contributed by atoms with van der Waals surface area (Å²) in [6, 6.07) is 0. The van der Waals surface area contributed by atoms with Crippen LogP contribution in [-0.4, -0.2) is 70.0 Å². The molecular formula is C78H128NO8P. The molecule has 0 rings (SSSR count). The van der Waals surface area contributed by atoms with Gasteiger partial charge in [0.15, 0.2) is 6.10 Å². The number of hydrogen-bond donors (Lipinski definition) is 0. The van der Waals surface area contributed by atoms with Gasteiger partial charge in [0.05, 0.1) is 27.7 Å². The van der Waals surface area contributed by atoms with Gasteiger partial charge in [-0.3, -0.25) is 14.2 Å². The van der Waals surface area contributed by atoms with Gasteiger partial charge in [0, 0.05) is 12.8 Å². The molecule has 0 heterocycles. The molecule has 0 aromatic rings. The first-order valence-electron chi connectivity index (χ1n) is 34.8. The number of nitrogens with zero attached hydrogens (tertiary/aromatic N) is 1. The molecular weight excluding hydrogens is 1110 g/mol. The number of carbonyl (C=O) groups excluding carboxylic acids is 2. The Morgan fingerprint density at radius 1 is 0.352 bits per heavy atom. The molecule has 88 heavy (non-hydrogen) atoms. The second-order valence-electron chi connectivity index (χ2n) is 23.8. The summed E-state index contributed by atoms with van der Waals surface area (Å²) in [6.07, 6.45) is 102. The summed E-state index contributed by atoms with van der Waals surface area (Å²) in [6.45, 7) is 3.94. The number of phosphoric ester groups is 1. The van der Waals surface area contributed by atoms with Crippen LogP contribution in [0.1, 0.15) is 258 Å². The number of quaternary nitrogens is 1. The standard InChI is InChI=1S/C78H128NO8P/c1-6-8-10-12-14-16-18-20-22-24-26-28-30-31-32-33-34-35-36-37-38-39-40-41-42-43-44-45-46-47-49-51-53-55-57-59-61-63-65-67-69-71-78(81)87-76(75-86-88(82,83)85-73-72-79(3,4)5)74-84-77(80)70-68-66-64-62-60-58-56-54-52-50-48-29-27-25-23-21-19-17-15-13-11-9-7-2/h8-11,14-17,20-23,26-29,31-32,34-35,37-38,50,52,56,58,62,64,76H,6-7,12-13,18-19,24-25,30,33,36,39-49,51,53-55,57,59-61,63,65-75H2,1-5H3/b10-8-,11-9-,16-14-,17-15-,22-20-,23-21-,28-26-,29-27-,32-31-,35-34-,38-37-,52-50-,58-56-,64-62-. The van der Waals surface area contributed by atoms with Gasteiger partial charge in [-0.1, -0.05) is 293 Å². The van der Waals surface area contributed by atoms with Crippen molar-refractivity contribution in [3.8, 4) is 0 Å². The van der Waals surface area contributed by atoms with Gasteiger partial charge in [-0.05, 0) is 122 Å². The van der Waals surface area contributed by atoms with E-state index in [-0.39, 0.29) is 26.1 Å². The molecule has 0 saturated carbocycles. The van der Waals surface area contributed by atoms with E-state index in [1.807, 2.05) is 21.1 Å². The predicted molar refractivity (Wildman–Crippen MR) is 378 cm³/mol. The second kappa shape index (κ2) is 66.8. The maximum Gasteiger partial charge on any atom is 0.306 e. The zero-order valence-electron chi connectivity index (χ0n) is 56.6. The molecule has 0 radical (unpaired) electrons. The SMILES string of the molecule is CC/C=C\C/C=C\C/C=C\C/C=C\C/C=C\C/C=C\C/C=C\CCCCCCCCCCCCCCCCCCCCCC(=O)OC(COC(=O)CCC/C=C\C/C=C\C/C=C\C/C=C\C/C=C\C/C=C\C/C=C\CC)COP(=O)([O-])OCC[N+](C)(C)C. The van der Waals surface area contributed by atoms with Crippen LogP contribution < -0.4 is 4.89 Å². The van der Waals surface area contributed by atoms with Crippen LogP contribution in [-0.2, 0) is 32.7 Å². The Morgan fingerprint density at radius 2 is 0.625 bits per heavy atom. The van der Waals surface area contributed by atoms with Crippen LogP contribution in [0.3, 0.4) is 0 Å². The van der Waals surface area contributed by atoms with Crippen molar-refractivity contribution in [3.05, 3.63) is 170 Å². The average Bonchev–Trinajstić information content (AvgIpc) is 3.58. The number of unbranched alkanes of at least 4 members (excludes halogenated alkanes) is 20. The minimum atomic E-state index is -4.66. The lowest BCUT2D eigenvalue weighted by Crippen LogP contribution is -2.37. The van der Waals surface area contributed by atoms with E-state index >= 15 is 0 Å². The number of likely N-dealkylation sites (N-methyl/N-ethyl adjacent to an activating group) is 1. The van der Waals surface area contributed by atoms with Crippen LogP contribution in [0.5, 0.6) is 0 Å². The molecule has 0 bridgehead atoms. The molecule has 9 nitrogen and oxygen atoms in total. The highest BCUT2D eigenvalue weighted by atomic mass is 31.2. The van der Waals surface area contributed by atoms with Crippen molar-refractivity contribution in [2.45, 2.75) is 264 Å². The van der Waals surface area contributed by atoms with E-state index in [0.29, 0.717) is 23.9 Å². The first-order chi connectivity index (χ1) is 43.0. The number of phosphoric acid groups is 1. The molecule has 0 N–H and O–H groups in total. The Kier molecular flexibility index (Phi) is 63.3. The highest BCUT2D eigenvalue weighted by molar-refractivity contribution is 7.45. The lowest BCUT2D eigenvalue weighted by atomic mass is 10.0. The molecule has 0 fully saturated rings. The van der Waals surface area contributed by atoms with E-state index in [1.54, 1.807) is 0 Å². The monoisotopic (exact) mass is 1240 g/mol. The van der Waals surface area contributed by atoms with E-state index in [1.165, 1.54) is 103 Å². The largest absolute Gasteiger partial charge is 0.756 e. The Bertz CT molecular complexity index is 2090. The summed E-state index contributed by atoms with van der Waals surface area (Å²) in [4.78, 5) is 38.0. The molecule has 0 aliphatic rings. The zero-order valence-corrected chi connectivity index (χ0v) is 57.5.